The minimum Gasteiger partial charge on any atom is -0.396 e. The first-order valence-corrected chi connectivity index (χ1v) is 7.28. The Morgan fingerprint density at radius 3 is 0.789 bits per heavy atom. The molecule has 0 amide bonds. The van der Waals surface area contributed by atoms with Gasteiger partial charge in [0.25, 0.3) is 0 Å². The molecule has 0 aromatic rings. The number of unbranched alkanes of at least 4 members (excludes halogenated alkanes) is 3. The second-order valence-electron chi connectivity index (χ2n) is 3.73. The maximum absolute atomic E-state index is 8.07. The van der Waals surface area contributed by atoms with E-state index >= 15 is 0 Å². The standard InChI is InChI=1S/3C4H10O.C3H7.Ti/c3*1-2-3-4-5;1-3-2;/h3*5H,2-4H2,1H3;1,3H2,2H3;/q;;;-1;. The van der Waals surface area contributed by atoms with Crippen molar-refractivity contribution in [3.8, 4) is 0 Å². The quantitative estimate of drug-likeness (QED) is 0.519. The summed E-state index contributed by atoms with van der Waals surface area (Å²) < 4.78 is 0. The number of rotatable bonds is 6. The van der Waals surface area contributed by atoms with Crippen molar-refractivity contribution in [1.29, 1.82) is 0 Å². The predicted octanol–water partition coefficient (Wildman–Crippen LogP) is 3.56. The molecule has 3 nitrogen and oxygen atoms in total. The van der Waals surface area contributed by atoms with Gasteiger partial charge < -0.3 is 22.2 Å². The third kappa shape index (κ3) is 118. The van der Waals surface area contributed by atoms with Crippen LogP contribution < -0.4 is 0 Å². The molecule has 0 rings (SSSR count). The Labute approximate surface area is 136 Å². The summed E-state index contributed by atoms with van der Waals surface area (Å²) >= 11 is 0. The molecule has 0 spiro atoms. The normalized spacial score (nSPS) is 7.58. The first-order valence-electron chi connectivity index (χ1n) is 7.28. The molecule has 120 valence electrons. The molecule has 0 heterocycles. The Hall–Kier alpha value is 0.594. The minimum atomic E-state index is 0. The van der Waals surface area contributed by atoms with Crippen molar-refractivity contribution in [2.75, 3.05) is 19.8 Å². The number of aliphatic hydroxyl groups is 3. The summed E-state index contributed by atoms with van der Waals surface area (Å²) in [6.07, 6.45) is 7.11. The van der Waals surface area contributed by atoms with Crippen molar-refractivity contribution < 1.29 is 37.0 Å². The van der Waals surface area contributed by atoms with Crippen molar-refractivity contribution in [2.24, 2.45) is 0 Å². The van der Waals surface area contributed by atoms with Gasteiger partial charge in [-0.25, -0.2) is 0 Å². The first kappa shape index (κ1) is 31.8. The maximum atomic E-state index is 8.07. The van der Waals surface area contributed by atoms with Crippen molar-refractivity contribution in [1.82, 2.24) is 0 Å². The molecule has 3 N–H and O–H groups in total. The van der Waals surface area contributed by atoms with E-state index in [1.165, 1.54) is 0 Å². The maximum Gasteiger partial charge on any atom is 0.0430 e. The van der Waals surface area contributed by atoms with Gasteiger partial charge in [-0.3, -0.25) is 0 Å². The van der Waals surface area contributed by atoms with Gasteiger partial charge in [0.15, 0.2) is 0 Å². The largest absolute Gasteiger partial charge is 0.396 e. The van der Waals surface area contributed by atoms with E-state index in [2.05, 4.69) is 27.7 Å². The zero-order valence-electron chi connectivity index (χ0n) is 13.6. The van der Waals surface area contributed by atoms with Gasteiger partial charge in [0.2, 0.25) is 0 Å². The predicted molar refractivity (Wildman–Crippen MR) is 81.6 cm³/mol. The fourth-order valence-electron chi connectivity index (χ4n) is 0.474. The van der Waals surface area contributed by atoms with Crippen LogP contribution in [0, 0.1) is 6.92 Å². The summed E-state index contributed by atoms with van der Waals surface area (Å²) in [7, 11) is 0. The molecule has 0 aliphatic rings. The summed E-state index contributed by atoms with van der Waals surface area (Å²) in [6, 6.07) is 0. The first-order chi connectivity index (χ1) is 8.66. The molecule has 0 aromatic carbocycles. The molecule has 0 bridgehead atoms. The monoisotopic (exact) mass is 313 g/mol. The van der Waals surface area contributed by atoms with Crippen LogP contribution in [0.2, 0.25) is 0 Å². The van der Waals surface area contributed by atoms with Crippen molar-refractivity contribution in [3.63, 3.8) is 0 Å². The van der Waals surface area contributed by atoms with E-state index in [-0.39, 0.29) is 21.7 Å². The zero-order chi connectivity index (χ0) is 15.1. The Morgan fingerprint density at radius 2 is 0.789 bits per heavy atom. The molecule has 4 heteroatoms. The van der Waals surface area contributed by atoms with Crippen LogP contribution >= 0.6 is 0 Å². The third-order valence-corrected chi connectivity index (χ3v) is 1.54. The van der Waals surface area contributed by atoms with Crippen molar-refractivity contribution in [2.45, 2.75) is 72.6 Å². The average molecular weight is 313 g/mol. The summed E-state index contributed by atoms with van der Waals surface area (Å²) in [4.78, 5) is 0. The fraction of sp³-hybridized carbons (Fsp3) is 0.933. The molecule has 0 aliphatic heterocycles. The Kier molecular flexibility index (Phi) is 85.9. The summed E-state index contributed by atoms with van der Waals surface area (Å²) in [5, 5.41) is 24.2. The van der Waals surface area contributed by atoms with Gasteiger partial charge in [0, 0.05) is 41.5 Å². The SMILES string of the molecule is CCCCO.CCCCO.CCCCO.[CH2-]CC.[Ti]. The molecule has 0 radical (unpaired) electrons. The van der Waals surface area contributed by atoms with Gasteiger partial charge in [0.05, 0.1) is 0 Å². The van der Waals surface area contributed by atoms with Crippen LogP contribution in [0.1, 0.15) is 72.6 Å². The molecule has 0 saturated heterocycles. The molecule has 0 aliphatic carbocycles. The summed E-state index contributed by atoms with van der Waals surface area (Å²) in [5.74, 6) is 0. The Morgan fingerprint density at radius 1 is 0.632 bits per heavy atom. The molecule has 0 aromatic heterocycles. The van der Waals surface area contributed by atoms with Gasteiger partial charge in [-0.05, 0) is 19.3 Å². The van der Waals surface area contributed by atoms with Crippen LogP contribution in [-0.2, 0) is 21.7 Å². The number of aliphatic hydroxyl groups excluding tert-OH is 3. The fourth-order valence-corrected chi connectivity index (χ4v) is 0.474. The van der Waals surface area contributed by atoms with Gasteiger partial charge in [0.1, 0.15) is 0 Å². The Balaban J connectivity index is -0.0000000458. The molecule has 0 unspecified atom stereocenters. The summed E-state index contributed by atoms with van der Waals surface area (Å²) in [6.45, 7) is 12.7. The smallest absolute Gasteiger partial charge is 0.0430 e. The third-order valence-electron chi connectivity index (χ3n) is 1.54. The van der Waals surface area contributed by atoms with E-state index in [1.54, 1.807) is 0 Å². The average Bonchev–Trinajstić information content (AvgIpc) is 2.35. The van der Waals surface area contributed by atoms with Gasteiger partial charge in [-0.1, -0.05) is 47.0 Å². The van der Waals surface area contributed by atoms with Crippen LogP contribution in [-0.4, -0.2) is 35.1 Å². The van der Waals surface area contributed by atoms with E-state index < -0.39 is 0 Å². The van der Waals surface area contributed by atoms with E-state index in [4.69, 9.17) is 15.3 Å². The van der Waals surface area contributed by atoms with E-state index in [9.17, 15) is 0 Å². The molecular formula is C15H37O3Ti-. The van der Waals surface area contributed by atoms with Crippen LogP contribution in [0.4, 0.5) is 0 Å². The number of hydrogen-bond acceptors (Lipinski definition) is 3. The molecule has 19 heavy (non-hydrogen) atoms. The van der Waals surface area contributed by atoms with E-state index in [1.807, 2.05) is 6.92 Å². The molecule has 0 fully saturated rings. The topological polar surface area (TPSA) is 60.7 Å². The molecule has 0 saturated carbocycles. The van der Waals surface area contributed by atoms with Gasteiger partial charge in [-0.15, -0.1) is 0 Å². The number of hydrogen-bond donors (Lipinski definition) is 3. The van der Waals surface area contributed by atoms with Crippen molar-refractivity contribution in [3.05, 3.63) is 6.92 Å². The van der Waals surface area contributed by atoms with Crippen LogP contribution in [0.15, 0.2) is 0 Å². The van der Waals surface area contributed by atoms with Gasteiger partial charge >= 0.3 is 0 Å². The Bertz CT molecular complexity index is 63.5. The van der Waals surface area contributed by atoms with E-state index in [0.29, 0.717) is 19.8 Å². The van der Waals surface area contributed by atoms with Crippen LogP contribution in [0.5, 0.6) is 0 Å². The molecule has 0 atom stereocenters. The zero-order valence-corrected chi connectivity index (χ0v) is 15.2. The minimum absolute atomic E-state index is 0. The molecular weight excluding hydrogens is 276 g/mol. The van der Waals surface area contributed by atoms with Gasteiger partial charge in [-0.2, -0.15) is 6.42 Å². The van der Waals surface area contributed by atoms with E-state index in [0.717, 1.165) is 44.9 Å². The summed E-state index contributed by atoms with van der Waals surface area (Å²) in [5.41, 5.74) is 0. The van der Waals surface area contributed by atoms with Crippen molar-refractivity contribution >= 4 is 0 Å². The van der Waals surface area contributed by atoms with Crippen LogP contribution in [0.25, 0.3) is 0 Å². The second-order valence-corrected chi connectivity index (χ2v) is 3.73. The second kappa shape index (κ2) is 51.3. The van der Waals surface area contributed by atoms with Crippen LogP contribution in [0.3, 0.4) is 0 Å².